The third kappa shape index (κ3) is 3.48. The van der Waals surface area contributed by atoms with E-state index in [0.29, 0.717) is 22.8 Å². The van der Waals surface area contributed by atoms with Gasteiger partial charge >= 0.3 is 0 Å². The number of hydrogen-bond acceptors (Lipinski definition) is 5. The van der Waals surface area contributed by atoms with E-state index in [9.17, 15) is 4.79 Å². The summed E-state index contributed by atoms with van der Waals surface area (Å²) < 4.78 is 0. The van der Waals surface area contributed by atoms with Crippen molar-refractivity contribution in [3.05, 3.63) is 57.9 Å². The van der Waals surface area contributed by atoms with Crippen LogP contribution >= 0.6 is 0 Å². The van der Waals surface area contributed by atoms with Gasteiger partial charge in [0.2, 0.25) is 0 Å². The number of anilines is 1. The first-order valence-electron chi connectivity index (χ1n) is 9.22. The van der Waals surface area contributed by atoms with E-state index in [1.165, 1.54) is 5.56 Å². The number of hydrogen-bond donors (Lipinski definition) is 3. The van der Waals surface area contributed by atoms with E-state index in [4.69, 9.17) is 10.7 Å². The molecule has 1 aliphatic rings. The summed E-state index contributed by atoms with van der Waals surface area (Å²) in [5.74, 6) is 1.06. The Morgan fingerprint density at radius 2 is 2.00 bits per heavy atom. The van der Waals surface area contributed by atoms with Crippen molar-refractivity contribution in [2.24, 2.45) is 4.99 Å². The molecular weight excluding hydrogens is 338 g/mol. The molecule has 0 saturated carbocycles. The second-order valence-corrected chi connectivity index (χ2v) is 6.95. The van der Waals surface area contributed by atoms with Crippen LogP contribution in [0.3, 0.4) is 0 Å². The van der Waals surface area contributed by atoms with Crippen LogP contribution in [0, 0.1) is 0 Å². The predicted molar refractivity (Wildman–Crippen MR) is 111 cm³/mol. The first-order chi connectivity index (χ1) is 13.2. The van der Waals surface area contributed by atoms with Crippen molar-refractivity contribution in [2.45, 2.75) is 18.8 Å². The number of nitrogens with two attached hydrogens (primary N) is 1. The van der Waals surface area contributed by atoms with E-state index < -0.39 is 0 Å². The number of nitrogen functional groups attached to an aromatic ring is 1. The normalized spacial score (nSPS) is 15.6. The molecule has 0 spiro atoms. The van der Waals surface area contributed by atoms with Crippen molar-refractivity contribution >= 4 is 22.8 Å². The van der Waals surface area contributed by atoms with Gasteiger partial charge in [-0.25, -0.2) is 4.98 Å². The van der Waals surface area contributed by atoms with Gasteiger partial charge in [0.25, 0.3) is 5.56 Å². The minimum Gasteiger partial charge on any atom is -0.398 e. The molecule has 0 unspecified atom stereocenters. The van der Waals surface area contributed by atoms with Crippen LogP contribution in [-0.4, -0.2) is 36.3 Å². The summed E-state index contributed by atoms with van der Waals surface area (Å²) in [5, 5.41) is 4.00. The van der Waals surface area contributed by atoms with Crippen molar-refractivity contribution in [3.8, 4) is 11.4 Å². The van der Waals surface area contributed by atoms with Crippen molar-refractivity contribution in [3.63, 3.8) is 0 Å². The maximum atomic E-state index is 12.6. The summed E-state index contributed by atoms with van der Waals surface area (Å²) in [6.07, 6.45) is 3.92. The van der Waals surface area contributed by atoms with E-state index in [0.717, 1.165) is 42.6 Å². The first kappa shape index (κ1) is 17.4. The lowest BCUT2D eigenvalue weighted by Crippen LogP contribution is -2.26. The van der Waals surface area contributed by atoms with Gasteiger partial charge in [0.05, 0.1) is 10.9 Å². The molecule has 1 saturated heterocycles. The fraction of sp³-hybridized carbons (Fsp3) is 0.286. The molecule has 2 heterocycles. The topological polar surface area (TPSA) is 96.2 Å². The third-order valence-electron chi connectivity index (χ3n) is 5.17. The van der Waals surface area contributed by atoms with Gasteiger partial charge in [0.15, 0.2) is 0 Å². The summed E-state index contributed by atoms with van der Waals surface area (Å²) in [7, 11) is 1.70. The number of nitrogens with one attached hydrogen (secondary N) is 2. The number of benzene rings is 2. The molecular formula is C21H23N5O. The highest BCUT2D eigenvalue weighted by molar-refractivity contribution is 5.89. The largest absolute Gasteiger partial charge is 0.398 e. The molecule has 0 bridgehead atoms. The number of aromatic amines is 1. The molecule has 0 amide bonds. The highest BCUT2D eigenvalue weighted by atomic mass is 16.1. The molecule has 4 N–H and O–H groups in total. The van der Waals surface area contributed by atoms with E-state index in [1.54, 1.807) is 13.3 Å². The van der Waals surface area contributed by atoms with Crippen LogP contribution in [0.2, 0.25) is 0 Å². The van der Waals surface area contributed by atoms with Gasteiger partial charge in [0, 0.05) is 30.1 Å². The average molecular weight is 361 g/mol. The van der Waals surface area contributed by atoms with Gasteiger partial charge in [-0.1, -0.05) is 6.07 Å². The van der Waals surface area contributed by atoms with Crippen LogP contribution in [-0.2, 0) is 0 Å². The zero-order valence-corrected chi connectivity index (χ0v) is 15.3. The molecule has 138 valence electrons. The van der Waals surface area contributed by atoms with Gasteiger partial charge < -0.3 is 16.0 Å². The average Bonchev–Trinajstić information content (AvgIpc) is 2.70. The Morgan fingerprint density at radius 1 is 1.19 bits per heavy atom. The van der Waals surface area contributed by atoms with Gasteiger partial charge in [-0.15, -0.1) is 0 Å². The van der Waals surface area contributed by atoms with Gasteiger partial charge in [-0.05, 0) is 67.7 Å². The third-order valence-corrected chi connectivity index (χ3v) is 5.17. The summed E-state index contributed by atoms with van der Waals surface area (Å²) in [5.41, 5.74) is 10.1. The smallest absolute Gasteiger partial charge is 0.259 e. The number of nitrogens with zero attached hydrogens (tertiary/aromatic N) is 2. The van der Waals surface area contributed by atoms with E-state index in [1.807, 2.05) is 24.3 Å². The lowest BCUT2D eigenvalue weighted by Gasteiger charge is -2.23. The number of fused-ring (bicyclic) bond motifs is 1. The number of aromatic nitrogens is 2. The van der Waals surface area contributed by atoms with Gasteiger partial charge in [-0.2, -0.15) is 0 Å². The Balaban J connectivity index is 1.80. The second kappa shape index (κ2) is 7.32. The summed E-state index contributed by atoms with van der Waals surface area (Å²) in [6.45, 7) is 2.06. The Bertz CT molecular complexity index is 1060. The fourth-order valence-corrected chi connectivity index (χ4v) is 3.68. The van der Waals surface area contributed by atoms with Gasteiger partial charge in [0.1, 0.15) is 5.82 Å². The summed E-state index contributed by atoms with van der Waals surface area (Å²) >= 11 is 0. The molecule has 1 fully saturated rings. The minimum atomic E-state index is -0.130. The van der Waals surface area contributed by atoms with Crippen LogP contribution < -0.4 is 16.6 Å². The maximum Gasteiger partial charge on any atom is 0.259 e. The fourth-order valence-electron chi connectivity index (χ4n) is 3.68. The van der Waals surface area contributed by atoms with Crippen molar-refractivity contribution in [2.75, 3.05) is 25.9 Å². The van der Waals surface area contributed by atoms with Crippen molar-refractivity contribution < 1.29 is 0 Å². The predicted octanol–water partition coefficient (Wildman–Crippen LogP) is 2.69. The highest BCUT2D eigenvalue weighted by Gasteiger charge is 2.16. The molecule has 3 aromatic rings. The van der Waals surface area contributed by atoms with E-state index in [-0.39, 0.29) is 5.56 Å². The first-order valence-corrected chi connectivity index (χ1v) is 9.22. The molecule has 6 nitrogen and oxygen atoms in total. The van der Waals surface area contributed by atoms with E-state index in [2.05, 4.69) is 27.4 Å². The molecule has 1 aromatic heterocycles. The molecule has 4 rings (SSSR count). The monoisotopic (exact) mass is 361 g/mol. The number of aliphatic imine (C=N–C) groups is 1. The number of rotatable bonds is 3. The van der Waals surface area contributed by atoms with Crippen LogP contribution in [0.4, 0.5) is 5.69 Å². The Kier molecular flexibility index (Phi) is 4.73. The molecule has 0 radical (unpaired) electrons. The van der Waals surface area contributed by atoms with Crippen LogP contribution in [0.15, 0.2) is 46.2 Å². The van der Waals surface area contributed by atoms with Crippen molar-refractivity contribution in [1.29, 1.82) is 0 Å². The van der Waals surface area contributed by atoms with Crippen LogP contribution in [0.5, 0.6) is 0 Å². The Morgan fingerprint density at radius 3 is 2.78 bits per heavy atom. The van der Waals surface area contributed by atoms with E-state index >= 15 is 0 Å². The van der Waals surface area contributed by atoms with Crippen LogP contribution in [0.1, 0.15) is 29.9 Å². The van der Waals surface area contributed by atoms with Gasteiger partial charge in [-0.3, -0.25) is 9.79 Å². The molecule has 0 aliphatic carbocycles. The Hall–Kier alpha value is -2.99. The van der Waals surface area contributed by atoms with Crippen molar-refractivity contribution in [1.82, 2.24) is 15.3 Å². The maximum absolute atomic E-state index is 12.6. The second-order valence-electron chi connectivity index (χ2n) is 6.95. The minimum absolute atomic E-state index is 0.130. The lowest BCUT2D eigenvalue weighted by molar-refractivity contribution is 0.460. The number of piperidine rings is 1. The standard InChI is InChI=1S/C21H23N5O/c1-23-12-16-10-15(3-5-18(16)22)20-25-19-11-14(13-6-8-24-9-7-13)2-4-17(19)21(27)26-20/h2-5,10-13,24H,6-9,22H2,1H3,(H,25,26,27). The zero-order chi connectivity index (χ0) is 18.8. The Labute approximate surface area is 157 Å². The number of H-pyrrole nitrogens is 1. The quantitative estimate of drug-likeness (QED) is 0.494. The summed E-state index contributed by atoms with van der Waals surface area (Å²) in [4.78, 5) is 24.2. The van der Waals surface area contributed by atoms with Crippen LogP contribution in [0.25, 0.3) is 22.3 Å². The molecule has 6 heteroatoms. The molecule has 0 atom stereocenters. The molecule has 27 heavy (non-hydrogen) atoms. The SMILES string of the molecule is CN=Cc1cc(-c2nc3cc(C4CCNCC4)ccc3c(=O)[nH]2)ccc1N. The summed E-state index contributed by atoms with van der Waals surface area (Å²) in [6, 6.07) is 11.6. The highest BCUT2D eigenvalue weighted by Crippen LogP contribution is 2.27. The molecule has 1 aliphatic heterocycles. The molecule has 2 aromatic carbocycles. The zero-order valence-electron chi connectivity index (χ0n) is 15.3. The lowest BCUT2D eigenvalue weighted by atomic mass is 9.90.